The summed E-state index contributed by atoms with van der Waals surface area (Å²) in [4.78, 5) is 2.17. The lowest BCUT2D eigenvalue weighted by molar-refractivity contribution is -0.138. The summed E-state index contributed by atoms with van der Waals surface area (Å²) in [5.74, 6) is 0.0396. The van der Waals surface area contributed by atoms with Gasteiger partial charge in [0.1, 0.15) is 0 Å². The number of aryl methyl sites for hydroxylation is 1. The van der Waals surface area contributed by atoms with Crippen molar-refractivity contribution < 1.29 is 13.2 Å². The van der Waals surface area contributed by atoms with Crippen LogP contribution in [0.4, 0.5) is 13.2 Å². The molecule has 0 amide bonds. The van der Waals surface area contributed by atoms with Crippen LogP contribution in [-0.4, -0.2) is 25.0 Å². The quantitative estimate of drug-likeness (QED) is 0.739. The zero-order chi connectivity index (χ0) is 13.3. The number of piperidine rings is 1. The van der Waals surface area contributed by atoms with Gasteiger partial charge in [0.2, 0.25) is 0 Å². The fourth-order valence-corrected chi connectivity index (χ4v) is 2.60. The van der Waals surface area contributed by atoms with Crippen molar-refractivity contribution in [3.8, 4) is 0 Å². The second-order valence-electron chi connectivity index (χ2n) is 5.17. The number of hydrogen-bond donors (Lipinski definition) is 0. The first-order valence-corrected chi connectivity index (χ1v) is 6.24. The molecule has 0 bridgehead atoms. The molecule has 0 aromatic heterocycles. The number of benzene rings is 1. The average Bonchev–Trinajstić information content (AvgIpc) is 2.28. The number of halogens is 3. The molecule has 0 unspecified atom stereocenters. The Labute approximate surface area is 106 Å². The summed E-state index contributed by atoms with van der Waals surface area (Å²) < 4.78 is 39.0. The third kappa shape index (κ3) is 2.86. The Morgan fingerprint density at radius 1 is 1.17 bits per heavy atom. The maximum atomic E-state index is 13.0. The van der Waals surface area contributed by atoms with Crippen molar-refractivity contribution in [2.45, 2.75) is 31.9 Å². The Bertz CT molecular complexity index is 418. The summed E-state index contributed by atoms with van der Waals surface area (Å²) in [6, 6.07) is 4.48. The molecule has 1 fully saturated rings. The first-order valence-electron chi connectivity index (χ1n) is 6.24. The van der Waals surface area contributed by atoms with Gasteiger partial charge in [0.05, 0.1) is 5.56 Å². The number of alkyl halides is 3. The molecule has 0 aliphatic carbocycles. The zero-order valence-electron chi connectivity index (χ0n) is 10.7. The fraction of sp³-hybridized carbons (Fsp3) is 0.571. The van der Waals surface area contributed by atoms with Crippen molar-refractivity contribution in [1.29, 1.82) is 0 Å². The van der Waals surface area contributed by atoms with E-state index in [0.717, 1.165) is 31.5 Å². The molecule has 0 atom stereocenters. The fourth-order valence-electron chi connectivity index (χ4n) is 2.60. The van der Waals surface area contributed by atoms with Crippen LogP contribution in [0.5, 0.6) is 0 Å². The van der Waals surface area contributed by atoms with Gasteiger partial charge < -0.3 is 4.90 Å². The average molecular weight is 257 g/mol. The van der Waals surface area contributed by atoms with Gasteiger partial charge in [-0.1, -0.05) is 17.7 Å². The molecule has 0 N–H and O–H groups in total. The molecule has 0 saturated carbocycles. The van der Waals surface area contributed by atoms with Crippen molar-refractivity contribution >= 4 is 0 Å². The number of hydrogen-bond acceptors (Lipinski definition) is 1. The van der Waals surface area contributed by atoms with E-state index in [9.17, 15) is 13.2 Å². The lowest BCUT2D eigenvalue weighted by Crippen LogP contribution is -2.30. The summed E-state index contributed by atoms with van der Waals surface area (Å²) >= 11 is 0. The summed E-state index contributed by atoms with van der Waals surface area (Å²) in [6.07, 6.45) is -2.63. The Morgan fingerprint density at radius 3 is 2.33 bits per heavy atom. The van der Waals surface area contributed by atoms with Gasteiger partial charge in [0.25, 0.3) is 0 Å². The first kappa shape index (κ1) is 13.4. The van der Waals surface area contributed by atoms with E-state index < -0.39 is 11.7 Å². The highest BCUT2D eigenvalue weighted by molar-refractivity contribution is 5.36. The molecule has 1 aliphatic rings. The summed E-state index contributed by atoms with van der Waals surface area (Å²) in [6.45, 7) is 3.59. The summed E-state index contributed by atoms with van der Waals surface area (Å²) in [7, 11) is 2.01. The predicted molar refractivity (Wildman–Crippen MR) is 65.7 cm³/mol. The van der Waals surface area contributed by atoms with Crippen LogP contribution in [0.15, 0.2) is 18.2 Å². The van der Waals surface area contributed by atoms with E-state index in [1.165, 1.54) is 6.07 Å². The molecule has 2 rings (SSSR count). The summed E-state index contributed by atoms with van der Waals surface area (Å²) in [5, 5.41) is 0. The lowest BCUT2D eigenvalue weighted by atomic mass is 9.85. The molecule has 1 saturated heterocycles. The van der Waals surface area contributed by atoms with Gasteiger partial charge in [-0.2, -0.15) is 13.2 Å². The van der Waals surface area contributed by atoms with Crippen molar-refractivity contribution in [3.05, 3.63) is 34.9 Å². The van der Waals surface area contributed by atoms with Gasteiger partial charge in [0, 0.05) is 0 Å². The van der Waals surface area contributed by atoms with Crippen LogP contribution >= 0.6 is 0 Å². The highest BCUT2D eigenvalue weighted by Gasteiger charge is 2.35. The molecular formula is C14H18F3N. The second-order valence-corrected chi connectivity index (χ2v) is 5.17. The molecule has 1 nitrogen and oxygen atoms in total. The van der Waals surface area contributed by atoms with Crippen molar-refractivity contribution in [2.75, 3.05) is 20.1 Å². The zero-order valence-corrected chi connectivity index (χ0v) is 10.7. The van der Waals surface area contributed by atoms with E-state index in [4.69, 9.17) is 0 Å². The number of rotatable bonds is 1. The first-order chi connectivity index (χ1) is 8.38. The van der Waals surface area contributed by atoms with Crippen molar-refractivity contribution in [2.24, 2.45) is 0 Å². The maximum Gasteiger partial charge on any atom is 0.416 e. The van der Waals surface area contributed by atoms with E-state index in [0.29, 0.717) is 5.56 Å². The normalized spacial score (nSPS) is 19.2. The van der Waals surface area contributed by atoms with Crippen LogP contribution in [-0.2, 0) is 6.18 Å². The highest BCUT2D eigenvalue weighted by Crippen LogP contribution is 2.38. The lowest BCUT2D eigenvalue weighted by Gasteiger charge is -2.30. The third-order valence-electron chi connectivity index (χ3n) is 3.67. The van der Waals surface area contributed by atoms with Gasteiger partial charge in [0.15, 0.2) is 0 Å². The minimum Gasteiger partial charge on any atom is -0.306 e. The molecule has 0 spiro atoms. The third-order valence-corrected chi connectivity index (χ3v) is 3.67. The van der Waals surface area contributed by atoms with Gasteiger partial charge in [-0.25, -0.2) is 0 Å². The SMILES string of the molecule is Cc1ccc(C(F)(F)F)c(C2CCN(C)CC2)c1. The van der Waals surface area contributed by atoms with E-state index in [-0.39, 0.29) is 5.92 Å². The molecule has 1 aromatic rings. The molecule has 0 radical (unpaired) electrons. The van der Waals surface area contributed by atoms with E-state index in [1.807, 2.05) is 14.0 Å². The monoisotopic (exact) mass is 257 g/mol. The topological polar surface area (TPSA) is 3.24 Å². The van der Waals surface area contributed by atoms with E-state index >= 15 is 0 Å². The van der Waals surface area contributed by atoms with Crippen molar-refractivity contribution in [1.82, 2.24) is 4.90 Å². The van der Waals surface area contributed by atoms with Crippen LogP contribution in [0.25, 0.3) is 0 Å². The Hall–Kier alpha value is -1.03. The minimum atomic E-state index is -4.24. The smallest absolute Gasteiger partial charge is 0.306 e. The molecule has 1 aromatic carbocycles. The molecule has 4 heteroatoms. The van der Waals surface area contributed by atoms with Crippen LogP contribution in [0.3, 0.4) is 0 Å². The molecular weight excluding hydrogens is 239 g/mol. The minimum absolute atomic E-state index is 0.0396. The van der Waals surface area contributed by atoms with Crippen LogP contribution in [0.1, 0.15) is 35.4 Å². The highest BCUT2D eigenvalue weighted by atomic mass is 19.4. The summed E-state index contributed by atoms with van der Waals surface area (Å²) in [5.41, 5.74) is 0.926. The van der Waals surface area contributed by atoms with Gasteiger partial charge in [-0.05, 0) is 57.5 Å². The number of likely N-dealkylation sites (tertiary alicyclic amines) is 1. The Balaban J connectivity index is 2.33. The predicted octanol–water partition coefficient (Wildman–Crippen LogP) is 3.82. The van der Waals surface area contributed by atoms with Crippen molar-refractivity contribution in [3.63, 3.8) is 0 Å². The van der Waals surface area contributed by atoms with E-state index in [2.05, 4.69) is 4.90 Å². The number of nitrogens with zero attached hydrogens (tertiary/aromatic N) is 1. The largest absolute Gasteiger partial charge is 0.416 e. The molecule has 1 aliphatic heterocycles. The van der Waals surface area contributed by atoms with Gasteiger partial charge in [-0.15, -0.1) is 0 Å². The van der Waals surface area contributed by atoms with Crippen LogP contribution in [0.2, 0.25) is 0 Å². The van der Waals surface area contributed by atoms with Gasteiger partial charge in [-0.3, -0.25) is 0 Å². The Morgan fingerprint density at radius 2 is 1.78 bits per heavy atom. The van der Waals surface area contributed by atoms with Crippen LogP contribution in [0, 0.1) is 6.92 Å². The molecule has 1 heterocycles. The van der Waals surface area contributed by atoms with Gasteiger partial charge >= 0.3 is 6.18 Å². The van der Waals surface area contributed by atoms with Crippen LogP contribution < -0.4 is 0 Å². The molecule has 18 heavy (non-hydrogen) atoms. The molecule has 100 valence electrons. The Kier molecular flexibility index (Phi) is 3.66. The second kappa shape index (κ2) is 4.92. The van der Waals surface area contributed by atoms with E-state index in [1.54, 1.807) is 12.1 Å². The maximum absolute atomic E-state index is 13.0. The standard InChI is InChI=1S/C14H18F3N/c1-10-3-4-13(14(15,16)17)12(9-10)11-5-7-18(2)8-6-11/h3-4,9,11H,5-8H2,1-2H3.